The summed E-state index contributed by atoms with van der Waals surface area (Å²) in [4.78, 5) is 11.5. The van der Waals surface area contributed by atoms with Gasteiger partial charge < -0.3 is 5.32 Å². The summed E-state index contributed by atoms with van der Waals surface area (Å²) in [5.41, 5.74) is 0.462. The first-order chi connectivity index (χ1) is 8.29. The van der Waals surface area contributed by atoms with Gasteiger partial charge in [-0.2, -0.15) is 13.2 Å². The van der Waals surface area contributed by atoms with E-state index in [1.165, 1.54) is 0 Å². The average Bonchev–Trinajstić information content (AvgIpc) is 2.27. The Hall–Kier alpha value is -1.52. The molecule has 1 rings (SSSR count). The van der Waals surface area contributed by atoms with Crippen molar-refractivity contribution in [3.8, 4) is 0 Å². The van der Waals surface area contributed by atoms with Gasteiger partial charge >= 0.3 is 6.18 Å². The number of hydrogen-bond acceptors (Lipinski definition) is 1. The second-order valence-corrected chi connectivity index (χ2v) is 4.45. The lowest BCUT2D eigenvalue weighted by molar-refractivity contribution is -0.143. The second kappa shape index (κ2) is 5.89. The molecule has 5 heteroatoms. The van der Waals surface area contributed by atoms with Crippen molar-refractivity contribution in [3.63, 3.8) is 0 Å². The maximum absolute atomic E-state index is 12.5. The van der Waals surface area contributed by atoms with E-state index in [9.17, 15) is 18.0 Å². The molecular weight excluding hydrogens is 243 g/mol. The molecule has 0 heterocycles. The molecule has 1 unspecified atom stereocenters. The molecule has 1 aromatic carbocycles. The molecule has 2 nitrogen and oxygen atoms in total. The first kappa shape index (κ1) is 14.5. The lowest BCUT2D eigenvalue weighted by Crippen LogP contribution is -2.34. The molecule has 0 aliphatic carbocycles. The minimum absolute atomic E-state index is 0.343. The van der Waals surface area contributed by atoms with Gasteiger partial charge in [-0.25, -0.2) is 0 Å². The van der Waals surface area contributed by atoms with Gasteiger partial charge in [0.1, 0.15) is 0 Å². The molecule has 0 spiro atoms. The third kappa shape index (κ3) is 4.77. The van der Waals surface area contributed by atoms with Crippen LogP contribution in [0.2, 0.25) is 0 Å². The number of rotatable bonds is 4. The van der Waals surface area contributed by atoms with Gasteiger partial charge in [-0.3, -0.25) is 4.79 Å². The summed E-state index contributed by atoms with van der Waals surface area (Å²) in [6, 6.07) is 7.16. The minimum atomic E-state index is -4.31. The normalized spacial score (nSPS) is 13.4. The van der Waals surface area contributed by atoms with Crippen LogP contribution in [0, 0.1) is 5.92 Å². The van der Waals surface area contributed by atoms with E-state index in [1.807, 2.05) is 0 Å². The van der Waals surface area contributed by atoms with E-state index in [-0.39, 0.29) is 11.8 Å². The van der Waals surface area contributed by atoms with Crippen LogP contribution in [0.3, 0.4) is 0 Å². The fourth-order valence-electron chi connectivity index (χ4n) is 1.51. The fourth-order valence-corrected chi connectivity index (χ4v) is 1.51. The lowest BCUT2D eigenvalue weighted by Gasteiger charge is -2.21. The largest absolute Gasteiger partial charge is 0.391 e. The van der Waals surface area contributed by atoms with Crippen LogP contribution in [-0.4, -0.2) is 12.1 Å². The number of carbonyl (C=O) groups is 1. The van der Waals surface area contributed by atoms with Crippen molar-refractivity contribution in [2.24, 2.45) is 5.92 Å². The zero-order valence-corrected chi connectivity index (χ0v) is 10.3. The summed E-state index contributed by atoms with van der Waals surface area (Å²) in [5.74, 6) is -0.724. The Morgan fingerprint density at radius 1 is 1.22 bits per heavy atom. The molecule has 1 amide bonds. The van der Waals surface area contributed by atoms with Crippen LogP contribution in [0.5, 0.6) is 0 Å². The molecule has 0 radical (unpaired) electrons. The van der Waals surface area contributed by atoms with Gasteiger partial charge in [0.25, 0.3) is 0 Å². The zero-order valence-electron chi connectivity index (χ0n) is 10.3. The van der Waals surface area contributed by atoms with Gasteiger partial charge in [0.2, 0.25) is 5.91 Å². The highest BCUT2D eigenvalue weighted by molar-refractivity contribution is 5.78. The highest BCUT2D eigenvalue weighted by atomic mass is 19.4. The van der Waals surface area contributed by atoms with E-state index in [0.717, 1.165) is 0 Å². The molecule has 0 bridgehead atoms. The number of benzene rings is 1. The molecule has 0 saturated carbocycles. The molecule has 0 fully saturated rings. The van der Waals surface area contributed by atoms with Crippen molar-refractivity contribution < 1.29 is 18.0 Å². The van der Waals surface area contributed by atoms with Crippen LogP contribution in [0.1, 0.15) is 31.9 Å². The van der Waals surface area contributed by atoms with Crippen molar-refractivity contribution >= 4 is 5.91 Å². The Bertz CT molecular complexity index is 387. The SMILES string of the molecule is CC(C)C(=O)NC(CC(F)(F)F)c1ccccc1. The highest BCUT2D eigenvalue weighted by Gasteiger charge is 2.33. The summed E-state index contributed by atoms with van der Waals surface area (Å²) < 4.78 is 37.5. The minimum Gasteiger partial charge on any atom is -0.349 e. The van der Waals surface area contributed by atoms with E-state index in [1.54, 1.807) is 44.2 Å². The summed E-state index contributed by atoms with van der Waals surface area (Å²) in [5, 5.41) is 2.43. The summed E-state index contributed by atoms with van der Waals surface area (Å²) in [7, 11) is 0. The molecule has 100 valence electrons. The number of hydrogen-bond donors (Lipinski definition) is 1. The highest BCUT2D eigenvalue weighted by Crippen LogP contribution is 2.29. The number of nitrogens with one attached hydrogen (secondary N) is 1. The number of carbonyl (C=O) groups excluding carboxylic acids is 1. The molecule has 1 atom stereocenters. The summed E-state index contributed by atoms with van der Waals surface area (Å²) >= 11 is 0. The monoisotopic (exact) mass is 259 g/mol. The van der Waals surface area contributed by atoms with Crippen LogP contribution in [0.25, 0.3) is 0 Å². The maximum Gasteiger partial charge on any atom is 0.391 e. The first-order valence-corrected chi connectivity index (χ1v) is 5.71. The van der Waals surface area contributed by atoms with Gasteiger partial charge in [0, 0.05) is 5.92 Å². The average molecular weight is 259 g/mol. The fraction of sp³-hybridized carbons (Fsp3) is 0.462. The lowest BCUT2D eigenvalue weighted by atomic mass is 10.0. The molecule has 0 saturated heterocycles. The Balaban J connectivity index is 2.86. The Morgan fingerprint density at radius 3 is 2.22 bits per heavy atom. The number of amides is 1. The van der Waals surface area contributed by atoms with Gasteiger partial charge in [-0.1, -0.05) is 44.2 Å². The molecule has 18 heavy (non-hydrogen) atoms. The maximum atomic E-state index is 12.5. The smallest absolute Gasteiger partial charge is 0.349 e. The Labute approximate surface area is 104 Å². The van der Waals surface area contributed by atoms with Crippen molar-refractivity contribution in [2.75, 3.05) is 0 Å². The van der Waals surface area contributed by atoms with E-state index in [0.29, 0.717) is 5.56 Å². The van der Waals surface area contributed by atoms with Crippen molar-refractivity contribution in [1.29, 1.82) is 0 Å². The van der Waals surface area contributed by atoms with Crippen molar-refractivity contribution in [1.82, 2.24) is 5.32 Å². The van der Waals surface area contributed by atoms with Crippen LogP contribution >= 0.6 is 0 Å². The van der Waals surface area contributed by atoms with Crippen LogP contribution in [-0.2, 0) is 4.79 Å². The van der Waals surface area contributed by atoms with Gasteiger partial charge in [0.15, 0.2) is 0 Å². The van der Waals surface area contributed by atoms with Crippen LogP contribution in [0.4, 0.5) is 13.2 Å². The third-order valence-corrected chi connectivity index (χ3v) is 2.48. The van der Waals surface area contributed by atoms with E-state index >= 15 is 0 Å². The molecular formula is C13H16F3NO. The zero-order chi connectivity index (χ0) is 13.8. The first-order valence-electron chi connectivity index (χ1n) is 5.71. The third-order valence-electron chi connectivity index (χ3n) is 2.48. The topological polar surface area (TPSA) is 29.1 Å². The van der Waals surface area contributed by atoms with Crippen LogP contribution < -0.4 is 5.32 Å². The van der Waals surface area contributed by atoms with Gasteiger partial charge in [0.05, 0.1) is 12.5 Å². The Kier molecular flexibility index (Phi) is 4.76. The number of alkyl halides is 3. The van der Waals surface area contributed by atoms with Crippen LogP contribution in [0.15, 0.2) is 30.3 Å². The predicted octanol–water partition coefficient (Wildman–Crippen LogP) is 3.45. The van der Waals surface area contributed by atoms with Crippen molar-refractivity contribution in [2.45, 2.75) is 32.5 Å². The predicted molar refractivity (Wildman–Crippen MR) is 62.8 cm³/mol. The molecule has 1 N–H and O–H groups in total. The van der Waals surface area contributed by atoms with E-state index < -0.39 is 18.6 Å². The molecule has 1 aromatic rings. The van der Waals surface area contributed by atoms with E-state index in [2.05, 4.69) is 5.32 Å². The van der Waals surface area contributed by atoms with Crippen molar-refractivity contribution in [3.05, 3.63) is 35.9 Å². The van der Waals surface area contributed by atoms with Gasteiger partial charge in [-0.05, 0) is 5.56 Å². The Morgan fingerprint density at radius 2 is 1.78 bits per heavy atom. The second-order valence-electron chi connectivity index (χ2n) is 4.45. The quantitative estimate of drug-likeness (QED) is 0.881. The van der Waals surface area contributed by atoms with E-state index in [4.69, 9.17) is 0 Å². The molecule has 0 aliphatic heterocycles. The van der Waals surface area contributed by atoms with Gasteiger partial charge in [-0.15, -0.1) is 0 Å². The molecule has 0 aliphatic rings. The number of halogens is 3. The molecule has 0 aromatic heterocycles. The summed E-state index contributed by atoms with van der Waals surface area (Å²) in [6.45, 7) is 3.29. The standard InChI is InChI=1S/C13H16F3NO/c1-9(2)12(18)17-11(8-13(14,15)16)10-6-4-3-5-7-10/h3-7,9,11H,8H2,1-2H3,(H,17,18). The summed E-state index contributed by atoms with van der Waals surface area (Å²) in [6.07, 6.45) is -5.37.